The lowest BCUT2D eigenvalue weighted by Crippen LogP contribution is -2.36. The summed E-state index contributed by atoms with van der Waals surface area (Å²) < 4.78 is 1.95. The van der Waals surface area contributed by atoms with Gasteiger partial charge in [-0.2, -0.15) is 0 Å². The molecule has 1 N–H and O–H groups in total. The summed E-state index contributed by atoms with van der Waals surface area (Å²) in [6, 6.07) is 4.25. The van der Waals surface area contributed by atoms with E-state index in [9.17, 15) is 5.11 Å². The van der Waals surface area contributed by atoms with Crippen molar-refractivity contribution in [2.24, 2.45) is 0 Å². The van der Waals surface area contributed by atoms with Crippen LogP contribution in [0, 0.1) is 0 Å². The van der Waals surface area contributed by atoms with E-state index >= 15 is 0 Å². The average molecular weight is 296 g/mol. The lowest BCUT2D eigenvalue weighted by atomic mass is 10.1. The van der Waals surface area contributed by atoms with Gasteiger partial charge in [0.25, 0.3) is 0 Å². The Bertz CT molecular complexity index is 551. The van der Waals surface area contributed by atoms with E-state index in [0.29, 0.717) is 17.6 Å². The van der Waals surface area contributed by atoms with Crippen molar-refractivity contribution in [1.82, 2.24) is 14.3 Å². The van der Waals surface area contributed by atoms with Crippen LogP contribution in [0.15, 0.2) is 24.5 Å². The first-order valence-corrected chi connectivity index (χ1v) is 7.53. The molecule has 0 unspecified atom stereocenters. The third-order valence-corrected chi connectivity index (χ3v) is 3.90. The number of fused-ring (bicyclic) bond motifs is 1. The Kier molecular flexibility index (Phi) is 5.40. The Hall–Kier alpha value is -1.10. The summed E-state index contributed by atoms with van der Waals surface area (Å²) in [5.41, 5.74) is 1.91. The summed E-state index contributed by atoms with van der Waals surface area (Å²) in [5, 5.41) is 9.95. The highest BCUT2D eigenvalue weighted by molar-refractivity contribution is 6.30. The molecule has 0 atom stereocenters. The number of nitrogens with zero attached hydrogens (tertiary/aromatic N) is 3. The van der Waals surface area contributed by atoms with Gasteiger partial charge in [-0.1, -0.05) is 25.4 Å². The molecular formula is C15H22ClN3O. The van der Waals surface area contributed by atoms with Crippen molar-refractivity contribution < 1.29 is 5.11 Å². The van der Waals surface area contributed by atoms with Crippen molar-refractivity contribution in [2.75, 3.05) is 13.2 Å². The Morgan fingerprint density at radius 3 is 2.70 bits per heavy atom. The van der Waals surface area contributed by atoms with Crippen molar-refractivity contribution in [3.63, 3.8) is 0 Å². The van der Waals surface area contributed by atoms with Gasteiger partial charge in [-0.3, -0.25) is 4.90 Å². The van der Waals surface area contributed by atoms with Gasteiger partial charge in [0, 0.05) is 31.5 Å². The van der Waals surface area contributed by atoms with Crippen LogP contribution in [0.5, 0.6) is 0 Å². The van der Waals surface area contributed by atoms with Gasteiger partial charge in [-0.05, 0) is 25.0 Å². The van der Waals surface area contributed by atoms with Crippen LogP contribution >= 0.6 is 11.6 Å². The van der Waals surface area contributed by atoms with Crippen molar-refractivity contribution in [1.29, 1.82) is 0 Å². The number of aliphatic hydroxyl groups is 1. The van der Waals surface area contributed by atoms with E-state index in [4.69, 9.17) is 11.6 Å². The zero-order valence-corrected chi connectivity index (χ0v) is 12.8. The molecule has 0 aromatic carbocycles. The zero-order chi connectivity index (χ0) is 14.5. The van der Waals surface area contributed by atoms with E-state index in [0.717, 1.165) is 30.7 Å². The highest BCUT2D eigenvalue weighted by atomic mass is 35.5. The summed E-state index contributed by atoms with van der Waals surface area (Å²) in [4.78, 5) is 6.90. The number of aromatic nitrogens is 2. The summed E-state index contributed by atoms with van der Waals surface area (Å²) in [7, 11) is 0. The molecule has 0 aliphatic heterocycles. The molecule has 2 heterocycles. The van der Waals surface area contributed by atoms with E-state index in [-0.39, 0.29) is 6.61 Å². The molecular weight excluding hydrogens is 274 g/mol. The molecule has 0 bridgehead atoms. The Labute approximate surface area is 125 Å². The lowest BCUT2D eigenvalue weighted by Gasteiger charge is -2.28. The van der Waals surface area contributed by atoms with Crippen LogP contribution in [0.2, 0.25) is 5.02 Å². The molecule has 2 rings (SSSR count). The van der Waals surface area contributed by atoms with E-state index < -0.39 is 0 Å². The maximum atomic E-state index is 9.25. The fraction of sp³-hybridized carbons (Fsp3) is 0.533. The molecule has 0 saturated heterocycles. The maximum Gasteiger partial charge on any atom is 0.137 e. The molecule has 110 valence electrons. The molecule has 0 saturated carbocycles. The number of halogens is 1. The minimum absolute atomic E-state index is 0.176. The number of rotatable bonds is 7. The molecule has 4 nitrogen and oxygen atoms in total. The molecule has 2 aromatic rings. The Balaban J connectivity index is 2.19. The van der Waals surface area contributed by atoms with Crippen LogP contribution < -0.4 is 0 Å². The Morgan fingerprint density at radius 2 is 2.05 bits per heavy atom. The largest absolute Gasteiger partial charge is 0.395 e. The standard InChI is InChI=1S/C15H22ClN3O/c1-3-14(4-2)18(7-8-20)10-13-11-19-9-12(16)5-6-15(19)17-13/h5-6,9,11,14,20H,3-4,7-8,10H2,1-2H3. The van der Waals surface area contributed by atoms with Crippen molar-refractivity contribution in [3.05, 3.63) is 35.2 Å². The van der Waals surface area contributed by atoms with E-state index in [1.807, 2.05) is 28.9 Å². The molecule has 5 heteroatoms. The van der Waals surface area contributed by atoms with Crippen molar-refractivity contribution in [3.8, 4) is 0 Å². The van der Waals surface area contributed by atoms with Gasteiger partial charge in [0.1, 0.15) is 5.65 Å². The number of imidazole rings is 1. The fourth-order valence-electron chi connectivity index (χ4n) is 2.63. The van der Waals surface area contributed by atoms with Gasteiger partial charge in [0.05, 0.1) is 17.3 Å². The van der Waals surface area contributed by atoms with Crippen LogP contribution in [-0.4, -0.2) is 38.6 Å². The topological polar surface area (TPSA) is 40.8 Å². The summed E-state index contributed by atoms with van der Waals surface area (Å²) in [5.74, 6) is 0. The number of pyridine rings is 1. The van der Waals surface area contributed by atoms with Gasteiger partial charge in [0.2, 0.25) is 0 Å². The van der Waals surface area contributed by atoms with E-state index in [1.54, 1.807) is 0 Å². The fourth-order valence-corrected chi connectivity index (χ4v) is 2.79. The van der Waals surface area contributed by atoms with Gasteiger partial charge >= 0.3 is 0 Å². The molecule has 0 spiro atoms. The summed E-state index contributed by atoms with van der Waals surface area (Å²) >= 11 is 5.99. The van der Waals surface area contributed by atoms with Gasteiger partial charge in [-0.25, -0.2) is 4.98 Å². The normalized spacial score (nSPS) is 11.9. The van der Waals surface area contributed by atoms with Crippen molar-refractivity contribution >= 4 is 17.2 Å². The molecule has 2 aromatic heterocycles. The first kappa shape index (κ1) is 15.3. The van der Waals surface area contributed by atoms with Crippen LogP contribution in [0.25, 0.3) is 5.65 Å². The predicted molar refractivity (Wildman–Crippen MR) is 82.1 cm³/mol. The zero-order valence-electron chi connectivity index (χ0n) is 12.1. The second kappa shape index (κ2) is 7.07. The Morgan fingerprint density at radius 1 is 1.30 bits per heavy atom. The van der Waals surface area contributed by atoms with Crippen LogP contribution in [0.4, 0.5) is 0 Å². The average Bonchev–Trinajstić information content (AvgIpc) is 2.81. The van der Waals surface area contributed by atoms with Crippen LogP contribution in [0.1, 0.15) is 32.4 Å². The van der Waals surface area contributed by atoms with Crippen LogP contribution in [0.3, 0.4) is 0 Å². The predicted octanol–water partition coefficient (Wildman–Crippen LogP) is 2.97. The third kappa shape index (κ3) is 3.51. The number of hydrogen-bond donors (Lipinski definition) is 1. The van der Waals surface area contributed by atoms with E-state index in [1.165, 1.54) is 0 Å². The smallest absolute Gasteiger partial charge is 0.137 e. The first-order chi connectivity index (χ1) is 9.67. The minimum Gasteiger partial charge on any atom is -0.395 e. The second-order valence-corrected chi connectivity index (χ2v) is 5.45. The third-order valence-electron chi connectivity index (χ3n) is 3.68. The van der Waals surface area contributed by atoms with Gasteiger partial charge < -0.3 is 9.51 Å². The molecule has 0 amide bonds. The number of aliphatic hydroxyl groups excluding tert-OH is 1. The highest BCUT2D eigenvalue weighted by Gasteiger charge is 2.16. The van der Waals surface area contributed by atoms with E-state index in [2.05, 4.69) is 23.7 Å². The summed E-state index contributed by atoms with van der Waals surface area (Å²) in [6.07, 6.45) is 6.03. The summed E-state index contributed by atoms with van der Waals surface area (Å²) in [6.45, 7) is 5.98. The highest BCUT2D eigenvalue weighted by Crippen LogP contribution is 2.15. The van der Waals surface area contributed by atoms with Gasteiger partial charge in [-0.15, -0.1) is 0 Å². The van der Waals surface area contributed by atoms with Crippen molar-refractivity contribution in [2.45, 2.75) is 39.3 Å². The quantitative estimate of drug-likeness (QED) is 0.854. The number of hydrogen-bond acceptors (Lipinski definition) is 3. The SMILES string of the molecule is CCC(CC)N(CCO)Cc1cn2cc(Cl)ccc2n1. The van der Waals surface area contributed by atoms with Gasteiger partial charge in [0.15, 0.2) is 0 Å². The second-order valence-electron chi connectivity index (χ2n) is 5.01. The minimum atomic E-state index is 0.176. The molecule has 0 aliphatic rings. The first-order valence-electron chi connectivity index (χ1n) is 7.16. The maximum absolute atomic E-state index is 9.25. The molecule has 0 radical (unpaired) electrons. The lowest BCUT2D eigenvalue weighted by molar-refractivity contribution is 0.135. The van der Waals surface area contributed by atoms with Crippen LogP contribution in [-0.2, 0) is 6.54 Å². The molecule has 0 aliphatic carbocycles. The monoisotopic (exact) mass is 295 g/mol. The molecule has 0 fully saturated rings. The molecule has 20 heavy (non-hydrogen) atoms.